The van der Waals surface area contributed by atoms with Crippen molar-refractivity contribution in [3.8, 4) is 17.3 Å². The Labute approximate surface area is 181 Å². The Morgan fingerprint density at radius 2 is 2.16 bits per heavy atom. The lowest BCUT2D eigenvalue weighted by molar-refractivity contribution is 0.0939. The number of para-hydroxylation sites is 1. The summed E-state index contributed by atoms with van der Waals surface area (Å²) >= 11 is 0. The van der Waals surface area contributed by atoms with Gasteiger partial charge in [0.1, 0.15) is 5.52 Å². The molecule has 31 heavy (non-hydrogen) atoms. The fourth-order valence-corrected chi connectivity index (χ4v) is 4.82. The molecule has 158 valence electrons. The summed E-state index contributed by atoms with van der Waals surface area (Å²) in [5.74, 6) is 1.18. The molecule has 0 fully saturated rings. The zero-order valence-corrected chi connectivity index (χ0v) is 17.7. The number of carbonyl (C=O) groups excluding carboxylic acids is 1. The minimum absolute atomic E-state index is 0.00707. The number of carbonyl (C=O) groups is 1. The fraction of sp³-hybridized carbons (Fsp3) is 0.417. The van der Waals surface area contributed by atoms with Crippen molar-refractivity contribution < 1.29 is 4.79 Å². The Kier molecular flexibility index (Phi) is 5.06. The molecule has 0 spiro atoms. The zero-order chi connectivity index (χ0) is 21.4. The van der Waals surface area contributed by atoms with E-state index in [4.69, 9.17) is 15.2 Å². The number of hydrogen-bond acceptors (Lipinski definition) is 5. The number of nitriles is 1. The molecule has 0 saturated carbocycles. The molecular weight excluding hydrogens is 388 g/mol. The number of fused-ring (bicyclic) bond motifs is 3. The van der Waals surface area contributed by atoms with Crippen LogP contribution in [-0.4, -0.2) is 40.5 Å². The van der Waals surface area contributed by atoms with Crippen molar-refractivity contribution in [3.63, 3.8) is 0 Å². The Morgan fingerprint density at radius 3 is 3.03 bits per heavy atom. The van der Waals surface area contributed by atoms with Crippen molar-refractivity contribution >= 4 is 22.8 Å². The van der Waals surface area contributed by atoms with Crippen LogP contribution >= 0.6 is 0 Å². The van der Waals surface area contributed by atoms with Crippen LogP contribution in [0.2, 0.25) is 0 Å². The third kappa shape index (κ3) is 3.52. The molecule has 1 atom stereocenters. The number of unbranched alkanes of at least 4 members (excludes halogenated alkanes) is 1. The van der Waals surface area contributed by atoms with E-state index in [-0.39, 0.29) is 5.91 Å². The van der Waals surface area contributed by atoms with Gasteiger partial charge in [-0.15, -0.1) is 0 Å². The SMILES string of the molecule is Cc1nc2cccc3c2nc1N(CCCC#N)CCCC[C@H]1CNC(=O)c2cc-3[nH]c21. The molecule has 0 saturated heterocycles. The Hall–Kier alpha value is -3.40. The molecule has 5 rings (SSSR count). The first-order valence-corrected chi connectivity index (χ1v) is 11.1. The van der Waals surface area contributed by atoms with E-state index in [1.807, 2.05) is 31.2 Å². The maximum absolute atomic E-state index is 12.5. The molecule has 7 nitrogen and oxygen atoms in total. The highest BCUT2D eigenvalue weighted by Crippen LogP contribution is 2.35. The minimum Gasteiger partial charge on any atom is -0.357 e. The standard InChI is InChI=1S/C24H26N6O/c1-15-23-29-22-17(8-6-9-19(22)27-15)20-13-18-21(28-20)16(14-26-24(18)31)7-2-4-11-30(23)12-5-3-10-25/h6,8-9,13,16,28H,2-5,7,11-12,14H2,1H3,(H,26,31)/t16-/m0/s1. The van der Waals surface area contributed by atoms with Gasteiger partial charge in [-0.25, -0.2) is 9.97 Å². The van der Waals surface area contributed by atoms with Crippen molar-refractivity contribution in [1.82, 2.24) is 20.3 Å². The second kappa shape index (κ2) is 8.03. The summed E-state index contributed by atoms with van der Waals surface area (Å²) in [6.07, 6.45) is 4.46. The summed E-state index contributed by atoms with van der Waals surface area (Å²) in [6, 6.07) is 10.2. The van der Waals surface area contributed by atoms with E-state index >= 15 is 0 Å². The normalized spacial score (nSPS) is 18.1. The van der Waals surface area contributed by atoms with E-state index in [9.17, 15) is 4.79 Å². The Balaban J connectivity index is 1.68. The van der Waals surface area contributed by atoms with E-state index in [1.165, 1.54) is 0 Å². The summed E-state index contributed by atoms with van der Waals surface area (Å²) in [7, 11) is 0. The number of nitrogens with zero attached hydrogens (tertiary/aromatic N) is 4. The van der Waals surface area contributed by atoms with Gasteiger partial charge >= 0.3 is 0 Å². The third-order valence-corrected chi connectivity index (χ3v) is 6.39. The van der Waals surface area contributed by atoms with Crippen LogP contribution in [0.25, 0.3) is 22.3 Å². The van der Waals surface area contributed by atoms with E-state index in [0.717, 1.165) is 83.8 Å². The summed E-state index contributed by atoms with van der Waals surface area (Å²) < 4.78 is 0. The molecule has 4 bridgehead atoms. The highest BCUT2D eigenvalue weighted by atomic mass is 16.1. The number of H-pyrrole nitrogens is 1. The Bertz CT molecular complexity index is 1190. The topological polar surface area (TPSA) is 97.7 Å². The summed E-state index contributed by atoms with van der Waals surface area (Å²) in [5.41, 5.74) is 6.26. The van der Waals surface area contributed by atoms with E-state index in [0.29, 0.717) is 18.9 Å². The molecule has 2 aliphatic rings. The van der Waals surface area contributed by atoms with Gasteiger partial charge in [0, 0.05) is 48.9 Å². The largest absolute Gasteiger partial charge is 0.357 e. The molecule has 2 aromatic heterocycles. The molecular formula is C24H26N6O. The maximum Gasteiger partial charge on any atom is 0.253 e. The second-order valence-electron chi connectivity index (χ2n) is 8.47. The first-order valence-electron chi connectivity index (χ1n) is 11.1. The lowest BCUT2D eigenvalue weighted by atomic mass is 9.92. The second-order valence-corrected chi connectivity index (χ2v) is 8.47. The minimum atomic E-state index is -0.00707. The number of aromatic amines is 1. The van der Waals surface area contributed by atoms with Gasteiger partial charge in [-0.3, -0.25) is 4.79 Å². The van der Waals surface area contributed by atoms with Crippen LogP contribution in [0.1, 0.15) is 59.8 Å². The predicted octanol–water partition coefficient (Wildman–Crippen LogP) is 4.05. The molecule has 1 aromatic carbocycles. The quantitative estimate of drug-likeness (QED) is 0.630. The first kappa shape index (κ1) is 19.6. The van der Waals surface area contributed by atoms with Crippen LogP contribution in [0.15, 0.2) is 24.3 Å². The van der Waals surface area contributed by atoms with Gasteiger partial charge in [0.25, 0.3) is 5.91 Å². The van der Waals surface area contributed by atoms with E-state index in [1.54, 1.807) is 0 Å². The van der Waals surface area contributed by atoms with E-state index < -0.39 is 0 Å². The summed E-state index contributed by atoms with van der Waals surface area (Å²) in [4.78, 5) is 28.3. The average Bonchev–Trinajstić information content (AvgIpc) is 3.22. The van der Waals surface area contributed by atoms with Gasteiger partial charge < -0.3 is 15.2 Å². The van der Waals surface area contributed by atoms with Gasteiger partial charge in [-0.05, 0) is 38.3 Å². The van der Waals surface area contributed by atoms with Gasteiger partial charge in [0.15, 0.2) is 5.82 Å². The number of hydrogen-bond donors (Lipinski definition) is 2. The Morgan fingerprint density at radius 1 is 1.26 bits per heavy atom. The van der Waals surface area contributed by atoms with Crippen LogP contribution in [0.5, 0.6) is 0 Å². The van der Waals surface area contributed by atoms with Crippen LogP contribution in [0, 0.1) is 18.3 Å². The maximum atomic E-state index is 12.5. The number of aryl methyl sites for hydroxylation is 1. The van der Waals surface area contributed by atoms with Crippen molar-refractivity contribution in [3.05, 3.63) is 41.2 Å². The smallest absolute Gasteiger partial charge is 0.253 e. The molecule has 4 heterocycles. The van der Waals surface area contributed by atoms with Crippen molar-refractivity contribution in [2.24, 2.45) is 0 Å². The first-order chi connectivity index (χ1) is 15.2. The molecule has 3 aromatic rings. The molecule has 7 heteroatoms. The van der Waals surface area contributed by atoms with Gasteiger partial charge in [-0.1, -0.05) is 18.6 Å². The van der Waals surface area contributed by atoms with Crippen LogP contribution in [0.4, 0.5) is 5.82 Å². The molecule has 2 N–H and O–H groups in total. The predicted molar refractivity (Wildman–Crippen MR) is 120 cm³/mol. The van der Waals surface area contributed by atoms with Crippen molar-refractivity contribution in [1.29, 1.82) is 5.26 Å². The monoisotopic (exact) mass is 414 g/mol. The third-order valence-electron chi connectivity index (χ3n) is 6.39. The summed E-state index contributed by atoms with van der Waals surface area (Å²) in [6.45, 7) is 4.37. The highest BCUT2D eigenvalue weighted by Gasteiger charge is 2.29. The number of nitrogens with one attached hydrogen (secondary N) is 2. The number of rotatable bonds is 3. The van der Waals surface area contributed by atoms with Gasteiger partial charge in [0.05, 0.1) is 22.8 Å². The molecule has 2 aliphatic heterocycles. The average molecular weight is 415 g/mol. The fourth-order valence-electron chi connectivity index (χ4n) is 4.82. The molecule has 0 radical (unpaired) electrons. The van der Waals surface area contributed by atoms with Gasteiger partial charge in [-0.2, -0.15) is 5.26 Å². The molecule has 0 unspecified atom stereocenters. The number of amides is 1. The molecule has 0 aliphatic carbocycles. The van der Waals surface area contributed by atoms with E-state index in [2.05, 4.69) is 21.3 Å². The van der Waals surface area contributed by atoms with Crippen molar-refractivity contribution in [2.45, 2.75) is 44.9 Å². The zero-order valence-electron chi connectivity index (χ0n) is 17.7. The van der Waals surface area contributed by atoms with Gasteiger partial charge in [0.2, 0.25) is 0 Å². The molecule has 1 amide bonds. The number of benzene rings is 1. The van der Waals surface area contributed by atoms with Crippen molar-refractivity contribution in [2.75, 3.05) is 24.5 Å². The number of anilines is 1. The lowest BCUT2D eigenvalue weighted by Gasteiger charge is -2.26. The highest BCUT2D eigenvalue weighted by molar-refractivity contribution is 6.00. The summed E-state index contributed by atoms with van der Waals surface area (Å²) in [5, 5.41) is 12.0. The lowest BCUT2D eigenvalue weighted by Crippen LogP contribution is -2.34. The van der Waals surface area contributed by atoms with Crippen LogP contribution < -0.4 is 10.2 Å². The van der Waals surface area contributed by atoms with Crippen LogP contribution in [-0.2, 0) is 0 Å². The number of aromatic nitrogens is 3. The van der Waals surface area contributed by atoms with Crippen LogP contribution in [0.3, 0.4) is 0 Å².